The molecule has 1 aromatic heterocycles. The first kappa shape index (κ1) is 18.2. The van der Waals surface area contributed by atoms with Crippen molar-refractivity contribution >= 4 is 27.6 Å². The molecule has 1 saturated heterocycles. The molecule has 0 saturated carbocycles. The number of nitrogens with zero attached hydrogens (tertiary/aromatic N) is 4. The Morgan fingerprint density at radius 3 is 2.68 bits per heavy atom. The normalized spacial score (nSPS) is 15.5. The van der Waals surface area contributed by atoms with Gasteiger partial charge in [-0.1, -0.05) is 36.4 Å². The average molecular weight is 397 g/mol. The van der Waals surface area contributed by atoms with E-state index in [2.05, 4.69) is 15.4 Å². The zero-order valence-electron chi connectivity index (χ0n) is 15.0. The fraction of sp³-hybridized carbons (Fsp3) is 0.211. The van der Waals surface area contributed by atoms with Crippen molar-refractivity contribution in [2.75, 3.05) is 21.9 Å². The van der Waals surface area contributed by atoms with Gasteiger partial charge in [0, 0.05) is 12.1 Å². The van der Waals surface area contributed by atoms with Gasteiger partial charge in [0.1, 0.15) is 6.33 Å². The number of carbonyl (C=O) groups excluding carboxylic acids is 1. The minimum atomic E-state index is -3.29. The van der Waals surface area contributed by atoms with Crippen LogP contribution in [0.15, 0.2) is 60.9 Å². The van der Waals surface area contributed by atoms with Crippen molar-refractivity contribution in [1.82, 2.24) is 14.8 Å². The number of rotatable bonds is 5. The molecule has 0 radical (unpaired) electrons. The molecule has 2 aromatic carbocycles. The summed E-state index contributed by atoms with van der Waals surface area (Å²) in [5, 5.41) is 6.91. The summed E-state index contributed by atoms with van der Waals surface area (Å²) in [5.41, 5.74) is 1.91. The van der Waals surface area contributed by atoms with Gasteiger partial charge in [-0.05, 0) is 30.2 Å². The molecule has 4 rings (SSSR count). The molecular weight excluding hydrogens is 378 g/mol. The number of hydrogen-bond donors (Lipinski definition) is 1. The number of amides is 1. The van der Waals surface area contributed by atoms with Gasteiger partial charge in [0.25, 0.3) is 5.91 Å². The van der Waals surface area contributed by atoms with Gasteiger partial charge in [0.15, 0.2) is 0 Å². The van der Waals surface area contributed by atoms with E-state index in [4.69, 9.17) is 0 Å². The lowest BCUT2D eigenvalue weighted by Crippen LogP contribution is -2.25. The van der Waals surface area contributed by atoms with E-state index in [1.54, 1.807) is 35.3 Å². The van der Waals surface area contributed by atoms with E-state index in [0.29, 0.717) is 30.8 Å². The number of hydrogen-bond acceptors (Lipinski definition) is 5. The van der Waals surface area contributed by atoms with Crippen molar-refractivity contribution in [1.29, 1.82) is 0 Å². The highest BCUT2D eigenvalue weighted by Gasteiger charge is 2.28. The molecule has 2 heterocycles. The summed E-state index contributed by atoms with van der Waals surface area (Å²) in [6, 6.07) is 16.4. The fourth-order valence-corrected chi connectivity index (χ4v) is 4.66. The zero-order valence-corrected chi connectivity index (χ0v) is 15.8. The fourth-order valence-electron chi connectivity index (χ4n) is 3.10. The van der Waals surface area contributed by atoms with Gasteiger partial charge in [-0.3, -0.25) is 14.4 Å². The predicted molar refractivity (Wildman–Crippen MR) is 106 cm³/mol. The number of benzene rings is 2. The summed E-state index contributed by atoms with van der Waals surface area (Å²) in [4.78, 5) is 16.7. The third-order valence-electron chi connectivity index (χ3n) is 4.44. The second-order valence-corrected chi connectivity index (χ2v) is 8.51. The Bertz CT molecular complexity index is 1100. The molecule has 1 amide bonds. The molecule has 28 heavy (non-hydrogen) atoms. The summed E-state index contributed by atoms with van der Waals surface area (Å²) in [6.45, 7) is 0.977. The van der Waals surface area contributed by atoms with Crippen LogP contribution >= 0.6 is 0 Å². The minimum absolute atomic E-state index is 0.131. The Morgan fingerprint density at radius 1 is 1.11 bits per heavy atom. The molecule has 0 aliphatic carbocycles. The Morgan fingerprint density at radius 2 is 1.93 bits per heavy atom. The standard InChI is InChI=1S/C19H19N5O3S/c25-18(16-8-4-9-17(12-16)24-10-5-11-28(24,26)27)21-19-20-14-23(22-19)13-15-6-2-1-3-7-15/h1-4,6-9,12,14H,5,10-11,13H2,(H,21,22,25). The topological polar surface area (TPSA) is 97.2 Å². The summed E-state index contributed by atoms with van der Waals surface area (Å²) in [6.07, 6.45) is 2.14. The Balaban J connectivity index is 1.46. The van der Waals surface area contributed by atoms with Crippen LogP contribution in [-0.2, 0) is 16.6 Å². The van der Waals surface area contributed by atoms with Gasteiger partial charge < -0.3 is 0 Å². The van der Waals surface area contributed by atoms with Crippen molar-refractivity contribution in [3.63, 3.8) is 0 Å². The summed E-state index contributed by atoms with van der Waals surface area (Å²) >= 11 is 0. The maximum absolute atomic E-state index is 12.5. The van der Waals surface area contributed by atoms with Crippen LogP contribution in [0.1, 0.15) is 22.3 Å². The van der Waals surface area contributed by atoms with Gasteiger partial charge in [-0.25, -0.2) is 18.1 Å². The minimum Gasteiger partial charge on any atom is -0.289 e. The SMILES string of the molecule is O=C(Nc1ncn(Cc2ccccc2)n1)c1cccc(N2CCCS2(=O)=O)c1. The molecule has 0 atom stereocenters. The van der Waals surface area contributed by atoms with E-state index < -0.39 is 15.9 Å². The van der Waals surface area contributed by atoms with Gasteiger partial charge in [0.2, 0.25) is 16.0 Å². The molecule has 144 valence electrons. The van der Waals surface area contributed by atoms with E-state index in [1.165, 1.54) is 4.31 Å². The van der Waals surface area contributed by atoms with E-state index in [0.717, 1.165) is 5.56 Å². The molecule has 9 heteroatoms. The van der Waals surface area contributed by atoms with Crippen LogP contribution in [0.4, 0.5) is 11.6 Å². The van der Waals surface area contributed by atoms with Crippen molar-refractivity contribution in [2.45, 2.75) is 13.0 Å². The third kappa shape index (κ3) is 3.89. The molecule has 8 nitrogen and oxygen atoms in total. The largest absolute Gasteiger partial charge is 0.289 e. The molecule has 1 fully saturated rings. The highest BCUT2D eigenvalue weighted by atomic mass is 32.2. The van der Waals surface area contributed by atoms with Crippen LogP contribution < -0.4 is 9.62 Å². The first-order valence-corrected chi connectivity index (χ1v) is 10.5. The number of nitrogens with one attached hydrogen (secondary N) is 1. The van der Waals surface area contributed by atoms with Crippen LogP contribution in [0.3, 0.4) is 0 Å². The maximum Gasteiger partial charge on any atom is 0.258 e. The molecule has 0 bridgehead atoms. The first-order chi connectivity index (χ1) is 13.5. The lowest BCUT2D eigenvalue weighted by Gasteiger charge is -2.17. The lowest BCUT2D eigenvalue weighted by molar-refractivity contribution is 0.102. The van der Waals surface area contributed by atoms with Crippen LogP contribution in [-0.4, -0.2) is 41.4 Å². The van der Waals surface area contributed by atoms with E-state index in [9.17, 15) is 13.2 Å². The highest BCUT2D eigenvalue weighted by Crippen LogP contribution is 2.25. The maximum atomic E-state index is 12.5. The van der Waals surface area contributed by atoms with Gasteiger partial charge in [0.05, 0.1) is 18.0 Å². The van der Waals surface area contributed by atoms with E-state index in [1.807, 2.05) is 30.3 Å². The average Bonchev–Trinajstić information content (AvgIpc) is 3.28. The van der Waals surface area contributed by atoms with E-state index in [-0.39, 0.29) is 11.7 Å². The van der Waals surface area contributed by atoms with Crippen LogP contribution in [0.25, 0.3) is 0 Å². The van der Waals surface area contributed by atoms with Gasteiger partial charge >= 0.3 is 0 Å². The Kier molecular flexibility index (Phi) is 4.82. The Hall–Kier alpha value is -3.20. The Labute approximate surface area is 162 Å². The molecule has 1 aliphatic heterocycles. The quantitative estimate of drug-likeness (QED) is 0.711. The first-order valence-electron chi connectivity index (χ1n) is 8.86. The predicted octanol–water partition coefficient (Wildman–Crippen LogP) is 2.12. The molecule has 0 unspecified atom stereocenters. The van der Waals surface area contributed by atoms with Crippen LogP contribution in [0, 0.1) is 0 Å². The second kappa shape index (κ2) is 7.43. The molecule has 1 N–H and O–H groups in total. The number of carbonyl (C=O) groups is 1. The lowest BCUT2D eigenvalue weighted by atomic mass is 10.2. The summed E-state index contributed by atoms with van der Waals surface area (Å²) in [7, 11) is -3.29. The van der Waals surface area contributed by atoms with Crippen molar-refractivity contribution in [3.05, 3.63) is 72.1 Å². The van der Waals surface area contributed by atoms with E-state index >= 15 is 0 Å². The second-order valence-electron chi connectivity index (χ2n) is 6.50. The van der Waals surface area contributed by atoms with Crippen molar-refractivity contribution < 1.29 is 13.2 Å². The van der Waals surface area contributed by atoms with Gasteiger partial charge in [-0.15, -0.1) is 5.10 Å². The third-order valence-corrected chi connectivity index (χ3v) is 6.31. The van der Waals surface area contributed by atoms with Crippen LogP contribution in [0.5, 0.6) is 0 Å². The summed E-state index contributed by atoms with van der Waals surface area (Å²) < 4.78 is 27.2. The summed E-state index contributed by atoms with van der Waals surface area (Å²) in [5.74, 6) is -0.0670. The van der Waals surface area contributed by atoms with Gasteiger partial charge in [-0.2, -0.15) is 0 Å². The molecular formula is C19H19N5O3S. The molecule has 3 aromatic rings. The molecule has 0 spiro atoms. The smallest absolute Gasteiger partial charge is 0.258 e. The highest BCUT2D eigenvalue weighted by molar-refractivity contribution is 7.93. The number of aromatic nitrogens is 3. The van der Waals surface area contributed by atoms with Crippen LogP contribution in [0.2, 0.25) is 0 Å². The molecule has 1 aliphatic rings. The van der Waals surface area contributed by atoms with Crippen molar-refractivity contribution in [2.24, 2.45) is 0 Å². The monoisotopic (exact) mass is 397 g/mol. The number of sulfonamides is 1. The number of anilines is 2. The zero-order chi connectivity index (χ0) is 19.6. The van der Waals surface area contributed by atoms with Crippen molar-refractivity contribution in [3.8, 4) is 0 Å².